The van der Waals surface area contributed by atoms with Gasteiger partial charge in [0.2, 0.25) is 10.0 Å². The molecule has 1 aromatic carbocycles. The van der Waals surface area contributed by atoms with Gasteiger partial charge in [0, 0.05) is 13.1 Å². The van der Waals surface area contributed by atoms with E-state index < -0.39 is 16.1 Å². The number of allylic oxidation sites excluding steroid dienone is 1. The molecule has 6 heteroatoms. The number of hydrogen-bond acceptors (Lipinski definition) is 4. The van der Waals surface area contributed by atoms with Crippen LogP contribution in [0.4, 0.5) is 0 Å². The number of nitrogens with two attached hydrogens (primary N) is 1. The average Bonchev–Trinajstić information content (AvgIpc) is 3.24. The van der Waals surface area contributed by atoms with E-state index in [0.717, 1.165) is 5.56 Å². The summed E-state index contributed by atoms with van der Waals surface area (Å²) in [6, 6.07) is 5.95. The molecule has 1 aliphatic rings. The number of hydrogen-bond donors (Lipinski definition) is 1. The van der Waals surface area contributed by atoms with E-state index in [9.17, 15) is 13.2 Å². The van der Waals surface area contributed by atoms with Crippen LogP contribution in [0.2, 0.25) is 0 Å². The molecule has 108 valence electrons. The zero-order valence-corrected chi connectivity index (χ0v) is 12.1. The summed E-state index contributed by atoms with van der Waals surface area (Å²) in [6.07, 6.45) is 3.50. The maximum Gasteiger partial charge on any atom is 0.243 e. The highest BCUT2D eigenvalue weighted by molar-refractivity contribution is 7.89. The van der Waals surface area contributed by atoms with Gasteiger partial charge in [0.15, 0.2) is 5.78 Å². The lowest BCUT2D eigenvalue weighted by Gasteiger charge is -2.09. The minimum atomic E-state index is -3.31. The standard InChI is InChI=1S/C14H18N2O3S/c1-2-3-14(17)13(15)10-11-4-6-12(7-5-11)20(18,19)16-8-9-16/h2-7,13H,8-10,15H2,1H3. The number of rotatable bonds is 6. The van der Waals surface area contributed by atoms with E-state index in [2.05, 4.69) is 0 Å². The summed E-state index contributed by atoms with van der Waals surface area (Å²) in [5.41, 5.74) is 6.64. The number of carbonyl (C=O) groups is 1. The van der Waals surface area contributed by atoms with Crippen molar-refractivity contribution in [2.24, 2.45) is 5.73 Å². The van der Waals surface area contributed by atoms with Gasteiger partial charge < -0.3 is 5.73 Å². The van der Waals surface area contributed by atoms with Crippen molar-refractivity contribution in [3.8, 4) is 0 Å². The lowest BCUT2D eigenvalue weighted by Crippen LogP contribution is -2.31. The molecule has 5 nitrogen and oxygen atoms in total. The Kier molecular flexibility index (Phi) is 4.37. The fraction of sp³-hybridized carbons (Fsp3) is 0.357. The molecular formula is C14H18N2O3S. The molecule has 1 fully saturated rings. The summed E-state index contributed by atoms with van der Waals surface area (Å²) in [5, 5.41) is 0. The Hall–Kier alpha value is -1.50. The van der Waals surface area contributed by atoms with E-state index in [1.54, 1.807) is 37.3 Å². The van der Waals surface area contributed by atoms with Crippen LogP contribution in [0.15, 0.2) is 41.3 Å². The predicted molar refractivity (Wildman–Crippen MR) is 76.7 cm³/mol. The van der Waals surface area contributed by atoms with E-state index in [-0.39, 0.29) is 10.7 Å². The SMILES string of the molecule is CC=CC(=O)C(N)Cc1ccc(S(=O)(=O)N2CC2)cc1. The van der Waals surface area contributed by atoms with Crippen molar-refractivity contribution in [2.75, 3.05) is 13.1 Å². The van der Waals surface area contributed by atoms with Gasteiger partial charge in [-0.2, -0.15) is 4.31 Å². The van der Waals surface area contributed by atoms with Gasteiger partial charge >= 0.3 is 0 Å². The van der Waals surface area contributed by atoms with Gasteiger partial charge in [-0.3, -0.25) is 4.79 Å². The summed E-state index contributed by atoms with van der Waals surface area (Å²) in [7, 11) is -3.31. The van der Waals surface area contributed by atoms with Gasteiger partial charge in [0.1, 0.15) is 0 Å². The van der Waals surface area contributed by atoms with Crippen LogP contribution in [0.3, 0.4) is 0 Å². The highest BCUT2D eigenvalue weighted by Crippen LogP contribution is 2.21. The lowest BCUT2D eigenvalue weighted by molar-refractivity contribution is -0.115. The van der Waals surface area contributed by atoms with Crippen molar-refractivity contribution >= 4 is 15.8 Å². The molecule has 1 heterocycles. The van der Waals surface area contributed by atoms with Crippen LogP contribution < -0.4 is 5.73 Å². The molecule has 0 radical (unpaired) electrons. The molecule has 1 atom stereocenters. The van der Waals surface area contributed by atoms with Crippen molar-refractivity contribution in [3.05, 3.63) is 42.0 Å². The second-order valence-corrected chi connectivity index (χ2v) is 6.70. The lowest BCUT2D eigenvalue weighted by atomic mass is 10.0. The van der Waals surface area contributed by atoms with Crippen molar-refractivity contribution in [1.82, 2.24) is 4.31 Å². The van der Waals surface area contributed by atoms with Crippen molar-refractivity contribution in [3.63, 3.8) is 0 Å². The molecule has 1 unspecified atom stereocenters. The molecule has 0 spiro atoms. The van der Waals surface area contributed by atoms with Crippen LogP contribution in [0.5, 0.6) is 0 Å². The van der Waals surface area contributed by atoms with Crippen LogP contribution in [-0.2, 0) is 21.2 Å². The Balaban J connectivity index is 2.07. The summed E-state index contributed by atoms with van der Waals surface area (Å²) >= 11 is 0. The third kappa shape index (κ3) is 3.33. The van der Waals surface area contributed by atoms with E-state index in [4.69, 9.17) is 5.73 Å². The summed E-state index contributed by atoms with van der Waals surface area (Å²) in [6.45, 7) is 2.94. The van der Waals surface area contributed by atoms with Crippen LogP contribution in [0.1, 0.15) is 12.5 Å². The molecule has 1 saturated heterocycles. The van der Waals surface area contributed by atoms with Crippen LogP contribution in [0, 0.1) is 0 Å². The first-order valence-corrected chi connectivity index (χ1v) is 7.90. The Bertz CT molecular complexity index is 616. The second kappa shape index (κ2) is 5.87. The third-order valence-electron chi connectivity index (χ3n) is 3.12. The molecule has 0 aliphatic carbocycles. The Morgan fingerprint density at radius 1 is 1.35 bits per heavy atom. The molecular weight excluding hydrogens is 276 g/mol. The molecule has 0 amide bonds. The van der Waals surface area contributed by atoms with Gasteiger partial charge in [-0.05, 0) is 37.1 Å². The maximum absolute atomic E-state index is 12.0. The van der Waals surface area contributed by atoms with Gasteiger partial charge in [0.25, 0.3) is 0 Å². The van der Waals surface area contributed by atoms with Crippen LogP contribution in [0.25, 0.3) is 0 Å². The number of sulfonamides is 1. The molecule has 0 aromatic heterocycles. The second-order valence-electron chi connectivity index (χ2n) is 4.76. The maximum atomic E-state index is 12.0. The number of carbonyl (C=O) groups excluding carboxylic acids is 1. The third-order valence-corrected chi connectivity index (χ3v) is 5.03. The zero-order valence-electron chi connectivity index (χ0n) is 11.3. The number of nitrogens with zero attached hydrogens (tertiary/aromatic N) is 1. The first-order valence-electron chi connectivity index (χ1n) is 6.46. The predicted octanol–water partition coefficient (Wildman–Crippen LogP) is 0.706. The fourth-order valence-corrected chi connectivity index (χ4v) is 3.21. The molecule has 1 aliphatic heterocycles. The van der Waals surface area contributed by atoms with Gasteiger partial charge in [0.05, 0.1) is 10.9 Å². The van der Waals surface area contributed by atoms with Crippen LogP contribution >= 0.6 is 0 Å². The molecule has 20 heavy (non-hydrogen) atoms. The Morgan fingerprint density at radius 2 is 1.95 bits per heavy atom. The highest BCUT2D eigenvalue weighted by Gasteiger charge is 2.32. The van der Waals surface area contributed by atoms with Gasteiger partial charge in [-0.25, -0.2) is 8.42 Å². The first-order chi connectivity index (χ1) is 9.45. The molecule has 0 bridgehead atoms. The van der Waals surface area contributed by atoms with E-state index in [1.807, 2.05) is 0 Å². The molecule has 1 aromatic rings. The minimum absolute atomic E-state index is 0.131. The number of benzene rings is 1. The van der Waals surface area contributed by atoms with Crippen molar-refractivity contribution in [1.29, 1.82) is 0 Å². The minimum Gasteiger partial charge on any atom is -0.321 e. The van der Waals surface area contributed by atoms with E-state index >= 15 is 0 Å². The van der Waals surface area contributed by atoms with E-state index in [0.29, 0.717) is 19.5 Å². The fourth-order valence-electron chi connectivity index (χ4n) is 1.87. The summed E-state index contributed by atoms with van der Waals surface area (Å²) in [4.78, 5) is 11.8. The Morgan fingerprint density at radius 3 is 2.45 bits per heavy atom. The zero-order chi connectivity index (χ0) is 14.8. The van der Waals surface area contributed by atoms with Crippen molar-refractivity contribution < 1.29 is 13.2 Å². The molecule has 0 saturated carbocycles. The first kappa shape index (κ1) is 14.9. The monoisotopic (exact) mass is 294 g/mol. The largest absolute Gasteiger partial charge is 0.321 e. The molecule has 2 N–H and O–H groups in total. The smallest absolute Gasteiger partial charge is 0.243 e. The number of ketones is 1. The van der Waals surface area contributed by atoms with Gasteiger partial charge in [-0.15, -0.1) is 0 Å². The topological polar surface area (TPSA) is 80.2 Å². The van der Waals surface area contributed by atoms with E-state index in [1.165, 1.54) is 10.4 Å². The quantitative estimate of drug-likeness (QED) is 0.619. The summed E-state index contributed by atoms with van der Waals surface area (Å²) in [5.74, 6) is -0.131. The molecule has 2 rings (SSSR count). The normalized spacial score (nSPS) is 17.3. The average molecular weight is 294 g/mol. The van der Waals surface area contributed by atoms with Gasteiger partial charge in [-0.1, -0.05) is 18.2 Å². The highest BCUT2D eigenvalue weighted by atomic mass is 32.2. The summed E-state index contributed by atoms with van der Waals surface area (Å²) < 4.78 is 25.3. The van der Waals surface area contributed by atoms with Crippen LogP contribution in [-0.4, -0.2) is 37.6 Å². The Labute approximate surface area is 119 Å². The van der Waals surface area contributed by atoms with Crippen molar-refractivity contribution in [2.45, 2.75) is 24.3 Å².